The molecule has 1 aromatic rings. The van der Waals surface area contributed by atoms with Crippen molar-refractivity contribution in [2.24, 2.45) is 0 Å². The van der Waals surface area contributed by atoms with E-state index in [0.717, 1.165) is 0 Å². The molecule has 0 heterocycles. The van der Waals surface area contributed by atoms with Crippen LogP contribution in [0.15, 0.2) is 28.0 Å². The normalized spacial score (nSPS) is 11.6. The van der Waals surface area contributed by atoms with Gasteiger partial charge in [0.2, 0.25) is 0 Å². The van der Waals surface area contributed by atoms with Crippen molar-refractivity contribution in [3.8, 4) is 0 Å². The minimum absolute atomic E-state index is 0.0696. The van der Waals surface area contributed by atoms with Crippen molar-refractivity contribution in [1.29, 1.82) is 0 Å². The van der Waals surface area contributed by atoms with E-state index in [1.165, 1.54) is 30.0 Å². The summed E-state index contributed by atoms with van der Waals surface area (Å²) in [4.78, 5) is 12.4. The minimum atomic E-state index is -4.31. The van der Waals surface area contributed by atoms with Gasteiger partial charge in [0, 0.05) is 27.1 Å². The van der Waals surface area contributed by atoms with E-state index in [-0.39, 0.29) is 22.4 Å². The zero-order valence-electron chi connectivity index (χ0n) is 9.38. The lowest BCUT2D eigenvalue weighted by Gasteiger charge is -2.10. The lowest BCUT2D eigenvalue weighted by Crippen LogP contribution is -2.03. The van der Waals surface area contributed by atoms with Crippen LogP contribution in [0.5, 0.6) is 0 Å². The van der Waals surface area contributed by atoms with Gasteiger partial charge in [-0.25, -0.2) is 0 Å². The van der Waals surface area contributed by atoms with Crippen molar-refractivity contribution in [2.45, 2.75) is 21.7 Å². The molecule has 18 heavy (non-hydrogen) atoms. The largest absolute Gasteiger partial charge is 0.446 e. The summed E-state index contributed by atoms with van der Waals surface area (Å²) in [6.45, 7) is 0. The summed E-state index contributed by atoms with van der Waals surface area (Å²) in [7, 11) is 0. The highest BCUT2D eigenvalue weighted by atomic mass is 79.9. The minimum Gasteiger partial charge on any atom is -0.294 e. The van der Waals surface area contributed by atoms with E-state index in [1.54, 1.807) is 6.26 Å². The SMILES string of the molecule is CSc1cc(SC(F)(F)F)ccc1C(=O)CCBr. The smallest absolute Gasteiger partial charge is 0.294 e. The highest BCUT2D eigenvalue weighted by Gasteiger charge is 2.29. The van der Waals surface area contributed by atoms with Crippen LogP contribution in [-0.2, 0) is 0 Å². The maximum Gasteiger partial charge on any atom is 0.446 e. The van der Waals surface area contributed by atoms with E-state index in [2.05, 4.69) is 15.9 Å². The summed E-state index contributed by atoms with van der Waals surface area (Å²) in [5.74, 6) is -0.0696. The maximum absolute atomic E-state index is 12.2. The van der Waals surface area contributed by atoms with Gasteiger partial charge in [0.15, 0.2) is 5.78 Å². The van der Waals surface area contributed by atoms with E-state index in [1.807, 2.05) is 0 Å². The topological polar surface area (TPSA) is 17.1 Å². The molecule has 0 atom stereocenters. The lowest BCUT2D eigenvalue weighted by molar-refractivity contribution is -0.0328. The molecule has 0 aliphatic heterocycles. The van der Waals surface area contributed by atoms with Crippen LogP contribution in [0, 0.1) is 0 Å². The molecule has 0 aromatic heterocycles. The van der Waals surface area contributed by atoms with Crippen molar-refractivity contribution in [3.63, 3.8) is 0 Å². The number of hydrogen-bond acceptors (Lipinski definition) is 3. The number of carbonyl (C=O) groups excluding carboxylic acids is 1. The van der Waals surface area contributed by atoms with Crippen molar-refractivity contribution in [1.82, 2.24) is 0 Å². The standard InChI is InChI=1S/C11H10BrF3OS2/c1-17-10-6-7(18-11(13,14)15)2-3-8(10)9(16)4-5-12/h2-3,6H,4-5H2,1H3. The van der Waals surface area contributed by atoms with Crippen LogP contribution in [0.3, 0.4) is 0 Å². The Morgan fingerprint density at radius 1 is 1.39 bits per heavy atom. The Balaban J connectivity index is 3.00. The van der Waals surface area contributed by atoms with Crippen molar-refractivity contribution >= 4 is 45.2 Å². The number of hydrogen-bond donors (Lipinski definition) is 0. The summed E-state index contributed by atoms with van der Waals surface area (Å²) >= 11 is 4.27. The van der Waals surface area contributed by atoms with Gasteiger partial charge in [-0.05, 0) is 36.2 Å². The molecule has 0 unspecified atom stereocenters. The number of Topliss-reactive ketones (excluding diaryl/α,β-unsaturated/α-hetero) is 1. The highest BCUT2D eigenvalue weighted by molar-refractivity contribution is 9.09. The van der Waals surface area contributed by atoms with Crippen LogP contribution < -0.4 is 0 Å². The molecule has 0 aliphatic rings. The lowest BCUT2D eigenvalue weighted by atomic mass is 10.1. The Morgan fingerprint density at radius 2 is 2.06 bits per heavy atom. The second kappa shape index (κ2) is 6.86. The molecule has 1 nitrogen and oxygen atoms in total. The van der Waals surface area contributed by atoms with E-state index in [9.17, 15) is 18.0 Å². The fourth-order valence-corrected chi connectivity index (χ4v) is 2.98. The van der Waals surface area contributed by atoms with Gasteiger partial charge in [-0.1, -0.05) is 15.9 Å². The van der Waals surface area contributed by atoms with Gasteiger partial charge in [0.1, 0.15) is 0 Å². The third-order valence-corrected chi connectivity index (χ3v) is 3.92. The van der Waals surface area contributed by atoms with Crippen LogP contribution in [0.2, 0.25) is 0 Å². The molecule has 0 spiro atoms. The number of halogens is 4. The first kappa shape index (κ1) is 15.9. The zero-order valence-corrected chi connectivity index (χ0v) is 12.6. The molecule has 0 saturated heterocycles. The Kier molecular flexibility index (Phi) is 6.07. The van der Waals surface area contributed by atoms with Crippen LogP contribution in [-0.4, -0.2) is 22.9 Å². The van der Waals surface area contributed by atoms with E-state index < -0.39 is 5.51 Å². The Hall–Kier alpha value is -0.140. The number of benzene rings is 1. The molecule has 0 radical (unpaired) electrons. The molecule has 0 bridgehead atoms. The average Bonchev–Trinajstić information content (AvgIpc) is 2.27. The Bertz CT molecular complexity index is 435. The molecular formula is C11H10BrF3OS2. The van der Waals surface area contributed by atoms with Gasteiger partial charge in [0.05, 0.1) is 0 Å². The molecule has 0 N–H and O–H groups in total. The van der Waals surface area contributed by atoms with Crippen molar-refractivity contribution in [3.05, 3.63) is 23.8 Å². The predicted octanol–water partition coefficient (Wildman–Crippen LogP) is 4.99. The summed E-state index contributed by atoms with van der Waals surface area (Å²) in [5, 5.41) is 0.540. The third-order valence-electron chi connectivity index (χ3n) is 2.03. The summed E-state index contributed by atoms with van der Waals surface area (Å²) in [6.07, 6.45) is 2.07. The molecule has 1 aromatic carbocycles. The van der Waals surface area contributed by atoms with Crippen LogP contribution in [0.1, 0.15) is 16.8 Å². The summed E-state index contributed by atoms with van der Waals surface area (Å²) < 4.78 is 36.7. The molecule has 0 fully saturated rings. The highest BCUT2D eigenvalue weighted by Crippen LogP contribution is 2.38. The van der Waals surface area contributed by atoms with Gasteiger partial charge in [-0.15, -0.1) is 11.8 Å². The number of ketones is 1. The zero-order chi connectivity index (χ0) is 13.8. The van der Waals surface area contributed by atoms with Gasteiger partial charge in [0.25, 0.3) is 0 Å². The van der Waals surface area contributed by atoms with Crippen molar-refractivity contribution < 1.29 is 18.0 Å². The second-order valence-corrected chi connectivity index (χ2v) is 6.05. The van der Waals surface area contributed by atoms with E-state index in [0.29, 0.717) is 22.2 Å². The molecule has 1 rings (SSSR count). The van der Waals surface area contributed by atoms with Gasteiger partial charge in [-0.3, -0.25) is 4.79 Å². The second-order valence-electron chi connectivity index (χ2n) is 3.27. The van der Waals surface area contributed by atoms with Crippen LogP contribution >= 0.6 is 39.5 Å². The summed E-state index contributed by atoms with van der Waals surface area (Å²) in [5.41, 5.74) is -3.83. The van der Waals surface area contributed by atoms with E-state index in [4.69, 9.17) is 0 Å². The Morgan fingerprint density at radius 3 is 2.56 bits per heavy atom. The molecule has 0 aliphatic carbocycles. The Labute approximate surface area is 120 Å². The molecule has 0 amide bonds. The first-order chi connectivity index (χ1) is 8.37. The fourth-order valence-electron chi connectivity index (χ4n) is 1.32. The van der Waals surface area contributed by atoms with Gasteiger partial charge in [-0.2, -0.15) is 13.2 Å². The first-order valence-electron chi connectivity index (χ1n) is 4.90. The quantitative estimate of drug-likeness (QED) is 0.419. The number of alkyl halides is 4. The number of rotatable bonds is 5. The van der Waals surface area contributed by atoms with E-state index >= 15 is 0 Å². The molecule has 0 saturated carbocycles. The molecule has 7 heteroatoms. The number of carbonyl (C=O) groups is 1. The van der Waals surface area contributed by atoms with Gasteiger partial charge >= 0.3 is 5.51 Å². The number of thioether (sulfide) groups is 2. The summed E-state index contributed by atoms with van der Waals surface area (Å²) in [6, 6.07) is 4.20. The van der Waals surface area contributed by atoms with Crippen LogP contribution in [0.4, 0.5) is 13.2 Å². The predicted molar refractivity (Wildman–Crippen MR) is 72.9 cm³/mol. The first-order valence-corrected chi connectivity index (χ1v) is 8.06. The monoisotopic (exact) mass is 358 g/mol. The van der Waals surface area contributed by atoms with Gasteiger partial charge < -0.3 is 0 Å². The molecular weight excluding hydrogens is 349 g/mol. The van der Waals surface area contributed by atoms with Crippen molar-refractivity contribution in [2.75, 3.05) is 11.6 Å². The maximum atomic E-state index is 12.2. The third kappa shape index (κ3) is 4.85. The fraction of sp³-hybridized carbons (Fsp3) is 0.364. The van der Waals surface area contributed by atoms with Crippen LogP contribution in [0.25, 0.3) is 0 Å². The average molecular weight is 359 g/mol. The molecule has 100 valence electrons.